The van der Waals surface area contributed by atoms with Gasteiger partial charge in [0.1, 0.15) is 0 Å². The van der Waals surface area contributed by atoms with Gasteiger partial charge in [-0.25, -0.2) is 4.79 Å². The minimum Gasteiger partial charge on any atom is -0.355 e. The summed E-state index contributed by atoms with van der Waals surface area (Å²) in [5.41, 5.74) is 0.618. The highest BCUT2D eigenvalue weighted by Crippen LogP contribution is 2.31. The maximum atomic E-state index is 12.8. The van der Waals surface area contributed by atoms with E-state index in [0.717, 1.165) is 5.56 Å². The second-order valence-electron chi connectivity index (χ2n) is 7.93. The van der Waals surface area contributed by atoms with Gasteiger partial charge in [0.25, 0.3) is 0 Å². The van der Waals surface area contributed by atoms with Gasteiger partial charge >= 0.3 is 6.03 Å². The number of nitrogens with zero attached hydrogens (tertiary/aromatic N) is 2. The second-order valence-corrected chi connectivity index (χ2v) is 7.93. The maximum Gasteiger partial charge on any atom is 0.317 e. The highest BCUT2D eigenvalue weighted by atomic mass is 16.2. The zero-order valence-corrected chi connectivity index (χ0v) is 16.0. The Balaban J connectivity index is 1.71. The lowest BCUT2D eigenvalue weighted by molar-refractivity contribution is -0.135. The van der Waals surface area contributed by atoms with Crippen molar-refractivity contribution in [2.24, 2.45) is 11.3 Å². The Morgan fingerprint density at radius 3 is 2.44 bits per heavy atom. The Bertz CT molecular complexity index is 706. The van der Waals surface area contributed by atoms with E-state index in [1.54, 1.807) is 4.90 Å². The van der Waals surface area contributed by atoms with Crippen LogP contribution in [0.1, 0.15) is 25.8 Å². The SMILES string of the molecule is CC(C)C(=O)N1CCN(C(=O)NCc2ccccc2)C[C@@]2(CNC(=O)C2)C1. The molecule has 0 unspecified atom stereocenters. The van der Waals surface area contributed by atoms with Crippen molar-refractivity contribution in [1.82, 2.24) is 20.4 Å². The van der Waals surface area contributed by atoms with Crippen molar-refractivity contribution in [3.8, 4) is 0 Å². The number of urea groups is 1. The Morgan fingerprint density at radius 2 is 1.81 bits per heavy atom. The van der Waals surface area contributed by atoms with Crippen molar-refractivity contribution in [1.29, 1.82) is 0 Å². The van der Waals surface area contributed by atoms with Crippen molar-refractivity contribution in [3.63, 3.8) is 0 Å². The largest absolute Gasteiger partial charge is 0.355 e. The quantitative estimate of drug-likeness (QED) is 0.837. The maximum absolute atomic E-state index is 12.8. The zero-order chi connectivity index (χ0) is 19.4. The molecule has 0 bridgehead atoms. The Hall–Kier alpha value is -2.57. The summed E-state index contributed by atoms with van der Waals surface area (Å²) in [5.74, 6) is -0.0515. The van der Waals surface area contributed by atoms with Crippen LogP contribution in [-0.4, -0.2) is 60.4 Å². The van der Waals surface area contributed by atoms with Crippen LogP contribution in [0.15, 0.2) is 30.3 Å². The molecule has 2 aliphatic heterocycles. The molecular formula is C20H28N4O3. The number of benzene rings is 1. The molecule has 1 aromatic carbocycles. The van der Waals surface area contributed by atoms with Gasteiger partial charge in [-0.05, 0) is 5.56 Å². The predicted octanol–water partition coefficient (Wildman–Crippen LogP) is 1.20. The van der Waals surface area contributed by atoms with E-state index in [4.69, 9.17) is 0 Å². The van der Waals surface area contributed by atoms with Crippen LogP contribution in [0.3, 0.4) is 0 Å². The molecule has 4 amide bonds. The predicted molar refractivity (Wildman–Crippen MR) is 102 cm³/mol. The zero-order valence-electron chi connectivity index (χ0n) is 16.0. The fourth-order valence-corrected chi connectivity index (χ4v) is 3.85. The van der Waals surface area contributed by atoms with Crippen molar-refractivity contribution in [2.75, 3.05) is 32.7 Å². The highest BCUT2D eigenvalue weighted by molar-refractivity contribution is 5.81. The smallest absolute Gasteiger partial charge is 0.317 e. The number of amides is 4. The number of hydrogen-bond acceptors (Lipinski definition) is 3. The van der Waals surface area contributed by atoms with Gasteiger partial charge < -0.3 is 20.4 Å². The standard InChI is InChI=1S/C20H28N4O3/c1-15(2)18(26)23-8-9-24(14-20(13-23)10-17(25)22-12-20)19(27)21-11-16-6-4-3-5-7-16/h3-7,15H,8-14H2,1-2H3,(H,21,27)(H,22,25)/t20-/m0/s1. The minimum absolute atomic E-state index is 0.0153. The van der Waals surface area contributed by atoms with Gasteiger partial charge in [-0.15, -0.1) is 0 Å². The molecule has 1 spiro atoms. The van der Waals surface area contributed by atoms with Crippen LogP contribution in [-0.2, 0) is 16.1 Å². The molecule has 2 aliphatic rings. The first-order chi connectivity index (χ1) is 12.9. The Kier molecular flexibility index (Phi) is 5.68. The molecule has 3 rings (SSSR count). The Labute approximate surface area is 160 Å². The summed E-state index contributed by atoms with van der Waals surface area (Å²) in [6.07, 6.45) is 0.345. The molecule has 0 aliphatic carbocycles. The highest BCUT2D eigenvalue weighted by Gasteiger charge is 2.45. The summed E-state index contributed by atoms with van der Waals surface area (Å²) in [4.78, 5) is 40.8. The summed E-state index contributed by atoms with van der Waals surface area (Å²) in [6, 6.07) is 9.59. The molecular weight excluding hydrogens is 344 g/mol. The van der Waals surface area contributed by atoms with E-state index in [-0.39, 0.29) is 23.8 Å². The van der Waals surface area contributed by atoms with Crippen LogP contribution in [0.5, 0.6) is 0 Å². The van der Waals surface area contributed by atoms with Gasteiger partial charge in [0.2, 0.25) is 11.8 Å². The lowest BCUT2D eigenvalue weighted by atomic mass is 9.86. The third-order valence-corrected chi connectivity index (χ3v) is 5.27. The molecule has 2 saturated heterocycles. The van der Waals surface area contributed by atoms with E-state index in [9.17, 15) is 14.4 Å². The van der Waals surface area contributed by atoms with E-state index in [1.807, 2.05) is 49.1 Å². The third kappa shape index (κ3) is 4.59. The fourth-order valence-electron chi connectivity index (χ4n) is 3.85. The van der Waals surface area contributed by atoms with Crippen LogP contribution in [0.4, 0.5) is 4.79 Å². The molecule has 0 saturated carbocycles. The van der Waals surface area contributed by atoms with Gasteiger partial charge in [0.15, 0.2) is 0 Å². The summed E-state index contributed by atoms with van der Waals surface area (Å²) >= 11 is 0. The molecule has 2 fully saturated rings. The van der Waals surface area contributed by atoms with Gasteiger partial charge in [0.05, 0.1) is 0 Å². The minimum atomic E-state index is -0.414. The van der Waals surface area contributed by atoms with Gasteiger partial charge in [-0.2, -0.15) is 0 Å². The van der Waals surface area contributed by atoms with E-state index in [0.29, 0.717) is 45.7 Å². The number of rotatable bonds is 3. The summed E-state index contributed by atoms with van der Waals surface area (Å²) in [7, 11) is 0. The molecule has 146 valence electrons. The lowest BCUT2D eigenvalue weighted by Gasteiger charge is -2.33. The number of carbonyl (C=O) groups excluding carboxylic acids is 3. The van der Waals surface area contributed by atoms with Crippen LogP contribution in [0, 0.1) is 11.3 Å². The van der Waals surface area contributed by atoms with Crippen LogP contribution in [0.2, 0.25) is 0 Å². The Morgan fingerprint density at radius 1 is 1.15 bits per heavy atom. The summed E-state index contributed by atoms with van der Waals surface area (Å²) < 4.78 is 0. The van der Waals surface area contributed by atoms with Crippen molar-refractivity contribution in [2.45, 2.75) is 26.8 Å². The summed E-state index contributed by atoms with van der Waals surface area (Å²) in [5, 5.41) is 5.84. The van der Waals surface area contributed by atoms with Gasteiger partial charge in [-0.1, -0.05) is 44.2 Å². The molecule has 2 heterocycles. The molecule has 27 heavy (non-hydrogen) atoms. The van der Waals surface area contributed by atoms with Crippen molar-refractivity contribution in [3.05, 3.63) is 35.9 Å². The molecule has 7 heteroatoms. The second kappa shape index (κ2) is 7.98. The first-order valence-corrected chi connectivity index (χ1v) is 9.51. The molecule has 1 atom stereocenters. The van der Waals surface area contributed by atoms with Gasteiger partial charge in [0, 0.05) is 57.0 Å². The first kappa shape index (κ1) is 19.2. The lowest BCUT2D eigenvalue weighted by Crippen LogP contribution is -2.47. The number of hydrogen-bond donors (Lipinski definition) is 2. The normalized spacial score (nSPS) is 22.7. The first-order valence-electron chi connectivity index (χ1n) is 9.51. The van der Waals surface area contributed by atoms with Gasteiger partial charge in [-0.3, -0.25) is 9.59 Å². The monoisotopic (exact) mass is 372 g/mol. The van der Waals surface area contributed by atoms with Crippen LogP contribution in [0.25, 0.3) is 0 Å². The van der Waals surface area contributed by atoms with Crippen LogP contribution >= 0.6 is 0 Å². The topological polar surface area (TPSA) is 81.8 Å². The number of nitrogens with one attached hydrogen (secondary N) is 2. The molecule has 1 aromatic rings. The molecule has 0 radical (unpaired) electrons. The van der Waals surface area contributed by atoms with Crippen molar-refractivity contribution < 1.29 is 14.4 Å². The molecule has 7 nitrogen and oxygen atoms in total. The number of carbonyl (C=O) groups is 3. The average Bonchev–Trinajstić information content (AvgIpc) is 2.91. The summed E-state index contributed by atoms with van der Waals surface area (Å²) in [6.45, 7) is 6.63. The fraction of sp³-hybridized carbons (Fsp3) is 0.550. The van der Waals surface area contributed by atoms with Crippen molar-refractivity contribution >= 4 is 17.8 Å². The van der Waals surface area contributed by atoms with E-state index >= 15 is 0 Å². The third-order valence-electron chi connectivity index (χ3n) is 5.27. The average molecular weight is 372 g/mol. The van der Waals surface area contributed by atoms with E-state index < -0.39 is 5.41 Å². The molecule has 2 N–H and O–H groups in total. The van der Waals surface area contributed by atoms with E-state index in [2.05, 4.69) is 10.6 Å². The molecule has 0 aromatic heterocycles. The van der Waals surface area contributed by atoms with E-state index in [1.165, 1.54) is 0 Å². The van der Waals surface area contributed by atoms with Crippen LogP contribution < -0.4 is 10.6 Å².